The number of fused-ring (bicyclic) bond motifs is 1. The molecule has 0 atom stereocenters. The van der Waals surface area contributed by atoms with Gasteiger partial charge in [-0.2, -0.15) is 11.8 Å². The molecule has 2 aliphatic rings. The van der Waals surface area contributed by atoms with Crippen LogP contribution in [0.5, 0.6) is 0 Å². The molecule has 1 aliphatic heterocycles. The molecule has 0 bridgehead atoms. The fourth-order valence-electron chi connectivity index (χ4n) is 2.02. The van der Waals surface area contributed by atoms with Gasteiger partial charge in [0.2, 0.25) is 0 Å². The Morgan fingerprint density at radius 1 is 1.40 bits per heavy atom. The first kappa shape index (κ1) is 10.2. The highest BCUT2D eigenvalue weighted by Gasteiger charge is 2.20. The molecule has 1 aliphatic carbocycles. The summed E-state index contributed by atoms with van der Waals surface area (Å²) in [6.07, 6.45) is 4.20. The van der Waals surface area contributed by atoms with E-state index in [1.54, 1.807) is 15.3 Å². The van der Waals surface area contributed by atoms with E-state index in [1.165, 1.54) is 37.3 Å². The summed E-state index contributed by atoms with van der Waals surface area (Å²) in [6.45, 7) is 2.33. The Morgan fingerprint density at radius 2 is 2.33 bits per heavy atom. The fraction of sp³-hybridized carbons (Fsp3) is 0.667. The first-order valence-electron chi connectivity index (χ1n) is 5.81. The van der Waals surface area contributed by atoms with Crippen molar-refractivity contribution in [3.63, 3.8) is 0 Å². The lowest BCUT2D eigenvalue weighted by Gasteiger charge is -2.08. The van der Waals surface area contributed by atoms with Crippen LogP contribution in [0, 0.1) is 5.92 Å². The van der Waals surface area contributed by atoms with Crippen molar-refractivity contribution in [3.05, 3.63) is 21.4 Å². The normalized spacial score (nSPS) is 20.3. The molecule has 0 aromatic carbocycles. The Hall–Kier alpha value is 0.0100. The number of hydrogen-bond donors (Lipinski definition) is 1. The van der Waals surface area contributed by atoms with Gasteiger partial charge in [-0.25, -0.2) is 0 Å². The van der Waals surface area contributed by atoms with Gasteiger partial charge in [-0.05, 0) is 49.1 Å². The summed E-state index contributed by atoms with van der Waals surface area (Å²) in [4.78, 5) is 3.19. The third kappa shape index (κ3) is 2.58. The Morgan fingerprint density at radius 3 is 3.13 bits per heavy atom. The summed E-state index contributed by atoms with van der Waals surface area (Å²) in [5.41, 5.74) is 1.61. The van der Waals surface area contributed by atoms with Gasteiger partial charge in [-0.3, -0.25) is 0 Å². The van der Waals surface area contributed by atoms with Gasteiger partial charge in [0, 0.05) is 22.1 Å². The number of thiophene rings is 1. The van der Waals surface area contributed by atoms with Crippen LogP contribution in [-0.4, -0.2) is 12.3 Å². The highest BCUT2D eigenvalue weighted by Crippen LogP contribution is 2.32. The molecule has 1 N–H and O–H groups in total. The van der Waals surface area contributed by atoms with Gasteiger partial charge in [-0.15, -0.1) is 11.3 Å². The second-order valence-electron chi connectivity index (χ2n) is 4.54. The number of hydrogen-bond acceptors (Lipinski definition) is 3. The van der Waals surface area contributed by atoms with E-state index in [2.05, 4.69) is 23.1 Å². The lowest BCUT2D eigenvalue weighted by molar-refractivity contribution is 0.643. The second kappa shape index (κ2) is 4.48. The lowest BCUT2D eigenvalue weighted by Crippen LogP contribution is -2.15. The van der Waals surface area contributed by atoms with Crippen LogP contribution in [0.15, 0.2) is 6.07 Å². The smallest absolute Gasteiger partial charge is 0.0300 e. The highest BCUT2D eigenvalue weighted by molar-refractivity contribution is 7.98. The Bertz CT molecular complexity index is 318. The summed E-state index contributed by atoms with van der Waals surface area (Å²) in [5.74, 6) is 3.56. The van der Waals surface area contributed by atoms with Crippen molar-refractivity contribution in [2.75, 3.05) is 12.3 Å². The van der Waals surface area contributed by atoms with Gasteiger partial charge in [-0.1, -0.05) is 0 Å². The fourth-order valence-corrected chi connectivity index (χ4v) is 4.37. The minimum absolute atomic E-state index is 0.996. The predicted octanol–water partition coefficient (Wildman–Crippen LogP) is 3.04. The quantitative estimate of drug-likeness (QED) is 0.867. The van der Waals surface area contributed by atoms with Crippen LogP contribution >= 0.6 is 23.1 Å². The second-order valence-corrected chi connectivity index (χ2v) is 6.86. The maximum Gasteiger partial charge on any atom is 0.0300 e. The lowest BCUT2D eigenvalue weighted by atomic mass is 10.2. The number of nitrogens with one attached hydrogen (secondary N) is 1. The molecule has 3 heteroatoms. The molecular formula is C12H17NS2. The zero-order chi connectivity index (χ0) is 10.1. The largest absolute Gasteiger partial charge is 0.312 e. The van der Waals surface area contributed by atoms with Gasteiger partial charge < -0.3 is 5.32 Å². The van der Waals surface area contributed by atoms with Crippen LogP contribution in [-0.2, 0) is 18.7 Å². The molecule has 3 rings (SSSR count). The third-order valence-electron chi connectivity index (χ3n) is 3.11. The van der Waals surface area contributed by atoms with E-state index in [0.717, 1.165) is 12.5 Å². The Balaban J connectivity index is 1.57. The predicted molar refractivity (Wildman–Crippen MR) is 68.6 cm³/mol. The number of rotatable bonds is 4. The van der Waals surface area contributed by atoms with Crippen LogP contribution in [0.2, 0.25) is 0 Å². The van der Waals surface area contributed by atoms with Crippen molar-refractivity contribution in [2.24, 2.45) is 5.92 Å². The topological polar surface area (TPSA) is 12.0 Å². The van der Waals surface area contributed by atoms with Gasteiger partial charge in [0.1, 0.15) is 0 Å². The zero-order valence-electron chi connectivity index (χ0n) is 8.92. The van der Waals surface area contributed by atoms with Crippen molar-refractivity contribution >= 4 is 23.1 Å². The molecule has 1 aromatic rings. The van der Waals surface area contributed by atoms with Crippen molar-refractivity contribution in [2.45, 2.75) is 31.6 Å². The molecule has 0 radical (unpaired) electrons. The van der Waals surface area contributed by atoms with Crippen LogP contribution in [0.1, 0.15) is 28.2 Å². The van der Waals surface area contributed by atoms with E-state index < -0.39 is 0 Å². The molecule has 0 saturated heterocycles. The maximum absolute atomic E-state index is 3.58. The molecule has 0 unspecified atom stereocenters. The minimum atomic E-state index is 0.996. The van der Waals surface area contributed by atoms with Crippen LogP contribution < -0.4 is 5.32 Å². The molecule has 1 nitrogen and oxygen atoms in total. The van der Waals surface area contributed by atoms with Crippen molar-refractivity contribution in [1.29, 1.82) is 0 Å². The highest BCUT2D eigenvalue weighted by atomic mass is 32.2. The van der Waals surface area contributed by atoms with Crippen molar-refractivity contribution < 1.29 is 0 Å². The average molecular weight is 239 g/mol. The summed E-state index contributed by atoms with van der Waals surface area (Å²) >= 11 is 4.11. The summed E-state index contributed by atoms with van der Waals surface area (Å²) in [6, 6.07) is 2.42. The minimum Gasteiger partial charge on any atom is -0.312 e. The van der Waals surface area contributed by atoms with Crippen LogP contribution in [0.4, 0.5) is 0 Å². The molecule has 1 aromatic heterocycles. The van der Waals surface area contributed by atoms with Gasteiger partial charge in [0.05, 0.1) is 0 Å². The van der Waals surface area contributed by atoms with Crippen LogP contribution in [0.3, 0.4) is 0 Å². The monoisotopic (exact) mass is 239 g/mol. The molecule has 0 spiro atoms. The van der Waals surface area contributed by atoms with E-state index in [9.17, 15) is 0 Å². The molecule has 1 fully saturated rings. The Kier molecular flexibility index (Phi) is 3.04. The third-order valence-corrected chi connectivity index (χ3v) is 5.35. The standard InChI is InChI=1S/C12H17NS2/c1-2-9(1)6-13-7-11-5-10-8-14-4-3-12(10)15-11/h5,9,13H,1-4,6-8H2. The maximum atomic E-state index is 3.58. The van der Waals surface area contributed by atoms with Crippen LogP contribution in [0.25, 0.3) is 0 Å². The molecule has 15 heavy (non-hydrogen) atoms. The number of thioether (sulfide) groups is 1. The van der Waals surface area contributed by atoms with E-state index in [0.29, 0.717) is 0 Å². The summed E-state index contributed by atoms with van der Waals surface area (Å²) in [7, 11) is 0. The van der Waals surface area contributed by atoms with Crippen molar-refractivity contribution in [1.82, 2.24) is 5.32 Å². The average Bonchev–Trinajstić information content (AvgIpc) is 2.97. The molecule has 2 heterocycles. The summed E-state index contributed by atoms with van der Waals surface area (Å²) in [5, 5.41) is 3.58. The van der Waals surface area contributed by atoms with E-state index in [4.69, 9.17) is 0 Å². The molecule has 0 amide bonds. The molecule has 1 saturated carbocycles. The molecular weight excluding hydrogens is 222 g/mol. The van der Waals surface area contributed by atoms with Gasteiger partial charge in [0.25, 0.3) is 0 Å². The summed E-state index contributed by atoms with van der Waals surface area (Å²) < 4.78 is 0. The van der Waals surface area contributed by atoms with Crippen molar-refractivity contribution in [3.8, 4) is 0 Å². The Labute approximate surface area is 99.7 Å². The first-order chi connectivity index (χ1) is 7.42. The first-order valence-corrected chi connectivity index (χ1v) is 7.78. The number of aryl methyl sites for hydroxylation is 1. The van der Waals surface area contributed by atoms with E-state index in [-0.39, 0.29) is 0 Å². The van der Waals surface area contributed by atoms with Gasteiger partial charge in [0.15, 0.2) is 0 Å². The van der Waals surface area contributed by atoms with E-state index in [1.807, 2.05) is 11.3 Å². The zero-order valence-corrected chi connectivity index (χ0v) is 10.6. The molecule has 82 valence electrons. The van der Waals surface area contributed by atoms with Gasteiger partial charge >= 0.3 is 0 Å². The van der Waals surface area contributed by atoms with E-state index >= 15 is 0 Å². The SMILES string of the molecule is c1c(CNCC2CC2)sc2c1CSCC2.